The molecule has 9 heteroatoms. The molecule has 2 saturated heterocycles. The van der Waals surface area contributed by atoms with E-state index in [0.717, 1.165) is 46.3 Å². The van der Waals surface area contributed by atoms with Gasteiger partial charge in [-0.2, -0.15) is 0 Å². The summed E-state index contributed by atoms with van der Waals surface area (Å²) in [4.78, 5) is 25.1. The second-order valence-electron chi connectivity index (χ2n) is 11.5. The lowest BCUT2D eigenvalue weighted by Gasteiger charge is -2.42. The topological polar surface area (TPSA) is 129 Å². The van der Waals surface area contributed by atoms with Gasteiger partial charge in [0.2, 0.25) is 5.91 Å². The molecule has 4 N–H and O–H groups in total. The van der Waals surface area contributed by atoms with Crippen molar-refractivity contribution in [3.63, 3.8) is 0 Å². The van der Waals surface area contributed by atoms with Crippen molar-refractivity contribution in [2.75, 3.05) is 19.6 Å². The predicted octanol–water partition coefficient (Wildman–Crippen LogP) is 4.18. The van der Waals surface area contributed by atoms with Crippen LogP contribution in [0, 0.1) is 5.92 Å². The smallest absolute Gasteiger partial charge is 0.303 e. The third kappa shape index (κ3) is 7.87. The zero-order valence-corrected chi connectivity index (χ0v) is 24.4. The van der Waals surface area contributed by atoms with Crippen molar-refractivity contribution in [3.8, 4) is 11.1 Å². The Hall–Kier alpha value is -3.60. The zero-order chi connectivity index (χ0) is 30.3. The lowest BCUT2D eigenvalue weighted by molar-refractivity contribution is -0.276. The van der Waals surface area contributed by atoms with Gasteiger partial charge in [0.25, 0.3) is 0 Å². The normalized spacial score (nSPS) is 24.1. The number of carbonyl (C=O) groups excluding carboxylic acids is 1. The number of benzene rings is 3. The number of β-amino-alcohol motifs (C(OH)–C–C–N with tert-alkyl or cyclic N) is 1. The Balaban J connectivity index is 1.34. The quantitative estimate of drug-likeness (QED) is 0.263. The summed E-state index contributed by atoms with van der Waals surface area (Å²) >= 11 is 0. The minimum Gasteiger partial charge on any atom is -0.481 e. The molecule has 0 bridgehead atoms. The van der Waals surface area contributed by atoms with E-state index in [4.69, 9.17) is 14.6 Å². The van der Waals surface area contributed by atoms with Crippen molar-refractivity contribution >= 4 is 11.9 Å². The molecule has 5 atom stereocenters. The Bertz CT molecular complexity index is 1380. The number of ether oxygens (including phenoxy) is 2. The number of hydrogen-bond donors (Lipinski definition) is 4. The van der Waals surface area contributed by atoms with Crippen molar-refractivity contribution in [1.82, 2.24) is 10.2 Å². The molecule has 5 rings (SSSR count). The molecule has 2 aliphatic heterocycles. The maximum atomic E-state index is 12.1. The van der Waals surface area contributed by atoms with Crippen molar-refractivity contribution in [1.29, 1.82) is 0 Å². The van der Waals surface area contributed by atoms with Gasteiger partial charge in [0.05, 0.1) is 31.3 Å². The number of aliphatic hydroxyl groups excluding tert-OH is 2. The van der Waals surface area contributed by atoms with Crippen LogP contribution in [0.5, 0.6) is 0 Å². The monoisotopic (exact) mass is 588 g/mol. The molecule has 0 unspecified atom stereocenters. The Kier molecular flexibility index (Phi) is 10.2. The van der Waals surface area contributed by atoms with E-state index in [-0.39, 0.29) is 49.6 Å². The van der Waals surface area contributed by atoms with E-state index in [1.54, 1.807) is 0 Å². The number of nitrogens with one attached hydrogen (secondary N) is 1. The first-order valence-electron chi connectivity index (χ1n) is 14.9. The van der Waals surface area contributed by atoms with Gasteiger partial charge in [-0.3, -0.25) is 14.5 Å². The van der Waals surface area contributed by atoms with Gasteiger partial charge in [-0.25, -0.2) is 0 Å². The first kappa shape index (κ1) is 30.8. The van der Waals surface area contributed by atoms with Crippen LogP contribution in [0.3, 0.4) is 0 Å². The Labute approximate surface area is 252 Å². The molecule has 3 aromatic rings. The summed E-state index contributed by atoms with van der Waals surface area (Å²) in [6, 6.07) is 23.7. The summed E-state index contributed by atoms with van der Waals surface area (Å²) in [7, 11) is 0. The van der Waals surface area contributed by atoms with Gasteiger partial charge in [-0.05, 0) is 34.2 Å². The first-order chi connectivity index (χ1) is 20.8. The Morgan fingerprint density at radius 1 is 0.953 bits per heavy atom. The van der Waals surface area contributed by atoms with Crippen LogP contribution < -0.4 is 5.32 Å². The van der Waals surface area contributed by atoms with Gasteiger partial charge < -0.3 is 30.1 Å². The number of likely N-dealkylation sites (tertiary alicyclic amines) is 1. The number of aliphatic hydroxyl groups is 2. The van der Waals surface area contributed by atoms with Crippen LogP contribution in [0.25, 0.3) is 11.1 Å². The molecule has 1 amide bonds. The molecule has 2 heterocycles. The van der Waals surface area contributed by atoms with E-state index < -0.39 is 12.3 Å². The number of carboxylic acid groups (broad SMARTS) is 1. The first-order valence-corrected chi connectivity index (χ1v) is 14.9. The fraction of sp³-hybridized carbons (Fsp3) is 0.412. The van der Waals surface area contributed by atoms with Crippen molar-refractivity contribution in [2.24, 2.45) is 5.92 Å². The molecule has 2 fully saturated rings. The summed E-state index contributed by atoms with van der Waals surface area (Å²) in [5.41, 5.74) is 5.63. The second-order valence-corrected chi connectivity index (χ2v) is 11.5. The highest BCUT2D eigenvalue weighted by molar-refractivity contribution is 5.80. The average molecular weight is 589 g/mol. The molecule has 2 aliphatic rings. The largest absolute Gasteiger partial charge is 0.481 e. The van der Waals surface area contributed by atoms with Crippen LogP contribution in [-0.4, -0.2) is 63.9 Å². The van der Waals surface area contributed by atoms with Crippen LogP contribution in [0.2, 0.25) is 0 Å². The van der Waals surface area contributed by atoms with Gasteiger partial charge in [0.15, 0.2) is 6.29 Å². The van der Waals surface area contributed by atoms with E-state index in [1.165, 1.54) is 0 Å². The number of aliphatic carboxylic acids is 1. The summed E-state index contributed by atoms with van der Waals surface area (Å²) in [6.07, 6.45) is -0.712. The summed E-state index contributed by atoms with van der Waals surface area (Å²) in [5.74, 6) is -1.24. The highest BCUT2D eigenvalue weighted by Crippen LogP contribution is 2.42. The number of nitrogens with zero attached hydrogens (tertiary/aromatic N) is 1. The Morgan fingerprint density at radius 2 is 1.67 bits per heavy atom. The highest BCUT2D eigenvalue weighted by Gasteiger charge is 2.39. The molecule has 228 valence electrons. The third-order valence-electron chi connectivity index (χ3n) is 8.36. The minimum atomic E-state index is -0.997. The summed E-state index contributed by atoms with van der Waals surface area (Å²) < 4.78 is 13.2. The summed E-state index contributed by atoms with van der Waals surface area (Å²) in [5, 5.41) is 31.2. The highest BCUT2D eigenvalue weighted by atomic mass is 16.7. The van der Waals surface area contributed by atoms with Gasteiger partial charge in [-0.15, -0.1) is 0 Å². The second kappa shape index (κ2) is 14.2. The average Bonchev–Trinajstić information content (AvgIpc) is 3.44. The molecular formula is C34H40N2O7. The molecule has 0 aliphatic carbocycles. The fourth-order valence-electron chi connectivity index (χ4n) is 5.84. The third-order valence-corrected chi connectivity index (χ3v) is 8.36. The number of carbonyl (C=O) groups is 2. The molecule has 0 aromatic heterocycles. The molecule has 9 nitrogen and oxygen atoms in total. The van der Waals surface area contributed by atoms with Crippen molar-refractivity contribution in [3.05, 3.63) is 95.1 Å². The van der Waals surface area contributed by atoms with Crippen LogP contribution in [0.4, 0.5) is 0 Å². The number of hydrogen-bond acceptors (Lipinski definition) is 7. The van der Waals surface area contributed by atoms with Crippen molar-refractivity contribution in [2.45, 2.75) is 63.9 Å². The van der Waals surface area contributed by atoms with Gasteiger partial charge in [0, 0.05) is 44.1 Å². The molecule has 0 spiro atoms. The van der Waals surface area contributed by atoms with Crippen LogP contribution in [0.1, 0.15) is 60.8 Å². The maximum Gasteiger partial charge on any atom is 0.303 e. The van der Waals surface area contributed by atoms with E-state index in [1.807, 2.05) is 72.8 Å². The number of rotatable bonds is 11. The molecule has 43 heavy (non-hydrogen) atoms. The summed E-state index contributed by atoms with van der Waals surface area (Å²) in [6.45, 7) is 4.60. The maximum absolute atomic E-state index is 12.1. The lowest BCUT2D eigenvalue weighted by Crippen LogP contribution is -2.44. The predicted molar refractivity (Wildman–Crippen MR) is 161 cm³/mol. The van der Waals surface area contributed by atoms with Gasteiger partial charge >= 0.3 is 5.97 Å². The number of carboxylic acids is 1. The van der Waals surface area contributed by atoms with E-state index in [9.17, 15) is 19.8 Å². The van der Waals surface area contributed by atoms with Gasteiger partial charge in [0.1, 0.15) is 0 Å². The minimum absolute atomic E-state index is 0.0143. The fourth-order valence-corrected chi connectivity index (χ4v) is 5.84. The lowest BCUT2D eigenvalue weighted by atomic mass is 9.90. The van der Waals surface area contributed by atoms with Crippen LogP contribution >= 0.6 is 0 Å². The van der Waals surface area contributed by atoms with Crippen LogP contribution in [-0.2, 0) is 32.2 Å². The molecule has 3 aromatic carbocycles. The number of amides is 1. The van der Waals surface area contributed by atoms with E-state index >= 15 is 0 Å². The Morgan fingerprint density at radius 3 is 2.35 bits per heavy atom. The molecule has 0 radical (unpaired) electrons. The van der Waals surface area contributed by atoms with Crippen molar-refractivity contribution < 1.29 is 34.4 Å². The standard InChI is InChI=1S/C34H40N2O7/c1-22-30(20-36-17-16-28(38)19-36)42-34(43-33(22)25-8-6-23(21-37)7-9-25)26-12-10-24(11-13-26)29-5-3-2-4-27(29)18-35-31(39)14-15-32(40)41/h2-13,22,28,30,33-34,37-38H,14-21H2,1H3,(H,35,39)(H,40,41)/t22-,28-,30+,33+,34+/m0/s1. The molecular weight excluding hydrogens is 548 g/mol. The molecule has 0 saturated carbocycles. The van der Waals surface area contributed by atoms with Crippen LogP contribution in [0.15, 0.2) is 72.8 Å². The SMILES string of the molecule is C[C@H]1[C@@H](CN2CC[C@H](O)C2)O[C@@H](c2ccc(-c3ccccc3CNC(=O)CCC(=O)O)cc2)O[C@H]1c1ccc(CO)cc1. The van der Waals surface area contributed by atoms with E-state index in [0.29, 0.717) is 19.6 Å². The zero-order valence-electron chi connectivity index (χ0n) is 24.4. The van der Waals surface area contributed by atoms with E-state index in [2.05, 4.69) is 17.1 Å². The van der Waals surface area contributed by atoms with Gasteiger partial charge in [-0.1, -0.05) is 79.7 Å².